The van der Waals surface area contributed by atoms with Crippen molar-refractivity contribution in [1.82, 2.24) is 20.8 Å². The molecule has 1 unspecified atom stereocenters. The first-order chi connectivity index (χ1) is 16.6. The first-order valence-electron chi connectivity index (χ1n) is 11.7. The number of hydrogen-bond acceptors (Lipinski definition) is 6. The second-order valence-electron chi connectivity index (χ2n) is 9.27. The second-order valence-corrected chi connectivity index (χ2v) is 9.27. The number of hydrogen-bond donors (Lipinski definition) is 2. The highest BCUT2D eigenvalue weighted by molar-refractivity contribution is 5.98. The van der Waals surface area contributed by atoms with E-state index in [1.165, 1.54) is 0 Å². The number of benzene rings is 2. The van der Waals surface area contributed by atoms with E-state index in [2.05, 4.69) is 32.9 Å². The summed E-state index contributed by atoms with van der Waals surface area (Å²) in [5.74, 6) is 0.632. The number of carbonyl (C=O) groups is 1. The predicted octanol–water partition coefficient (Wildman–Crippen LogP) is 4.36. The molecule has 2 aromatic heterocycles. The van der Waals surface area contributed by atoms with Gasteiger partial charge in [0.2, 0.25) is 0 Å². The highest BCUT2D eigenvalue weighted by Gasteiger charge is 2.47. The van der Waals surface area contributed by atoms with Gasteiger partial charge in [-0.25, -0.2) is 0 Å². The Bertz CT molecular complexity index is 1360. The van der Waals surface area contributed by atoms with Crippen LogP contribution in [0.2, 0.25) is 0 Å². The van der Waals surface area contributed by atoms with Gasteiger partial charge in [-0.15, -0.1) is 0 Å². The van der Waals surface area contributed by atoms with Crippen LogP contribution >= 0.6 is 0 Å². The third-order valence-electron chi connectivity index (χ3n) is 6.94. The van der Waals surface area contributed by atoms with Crippen LogP contribution in [0, 0.1) is 6.92 Å². The fourth-order valence-corrected chi connectivity index (χ4v) is 4.59. The van der Waals surface area contributed by atoms with Crippen molar-refractivity contribution in [1.29, 1.82) is 0 Å². The summed E-state index contributed by atoms with van der Waals surface area (Å²) in [6, 6.07) is 14.3. The predicted molar refractivity (Wildman–Crippen MR) is 129 cm³/mol. The smallest absolute Gasteiger partial charge is 0.252 e. The summed E-state index contributed by atoms with van der Waals surface area (Å²) >= 11 is 0. The van der Waals surface area contributed by atoms with Crippen molar-refractivity contribution in [2.75, 3.05) is 13.2 Å². The van der Waals surface area contributed by atoms with E-state index in [1.807, 2.05) is 37.3 Å². The highest BCUT2D eigenvalue weighted by Crippen LogP contribution is 2.49. The van der Waals surface area contributed by atoms with Gasteiger partial charge in [0.15, 0.2) is 0 Å². The van der Waals surface area contributed by atoms with Crippen LogP contribution in [0.25, 0.3) is 22.0 Å². The van der Waals surface area contributed by atoms with Crippen LogP contribution in [-0.2, 0) is 5.54 Å². The van der Waals surface area contributed by atoms with Crippen molar-refractivity contribution in [3.05, 3.63) is 77.8 Å². The minimum atomic E-state index is -0.426. The Kier molecular flexibility index (Phi) is 5.07. The molecule has 0 radical (unpaired) electrons. The number of nitrogens with zero attached hydrogens (tertiary/aromatic N) is 2. The largest absolute Gasteiger partial charge is 0.492 e. The number of carbonyl (C=O) groups excluding carboxylic acids is 1. The van der Waals surface area contributed by atoms with Gasteiger partial charge in [-0.1, -0.05) is 17.3 Å². The molecule has 1 amide bonds. The lowest BCUT2D eigenvalue weighted by molar-refractivity contribution is 0.0930. The Morgan fingerprint density at radius 2 is 2.12 bits per heavy atom. The normalized spacial score (nSPS) is 18.3. The van der Waals surface area contributed by atoms with Crippen LogP contribution in [0.3, 0.4) is 0 Å². The third-order valence-corrected chi connectivity index (χ3v) is 6.94. The van der Waals surface area contributed by atoms with Crippen molar-refractivity contribution in [2.24, 2.45) is 0 Å². The molecule has 7 nitrogen and oxygen atoms in total. The molecular formula is C27H26N4O3. The van der Waals surface area contributed by atoms with Crippen molar-refractivity contribution in [3.8, 4) is 16.9 Å². The Morgan fingerprint density at radius 1 is 1.24 bits per heavy atom. The summed E-state index contributed by atoms with van der Waals surface area (Å²) in [7, 11) is 0. The molecule has 2 N–H and O–H groups in total. The van der Waals surface area contributed by atoms with E-state index >= 15 is 0 Å². The van der Waals surface area contributed by atoms with Gasteiger partial charge >= 0.3 is 0 Å². The average Bonchev–Trinajstić information content (AvgIpc) is 3.37. The summed E-state index contributed by atoms with van der Waals surface area (Å²) in [5, 5.41) is 11.6. The average molecular weight is 455 g/mol. The zero-order valence-electron chi connectivity index (χ0n) is 19.0. The lowest BCUT2D eigenvalue weighted by Crippen LogP contribution is -2.46. The number of pyridine rings is 1. The Morgan fingerprint density at radius 3 is 2.85 bits per heavy atom. The molecule has 7 heteroatoms. The molecule has 0 spiro atoms. The minimum absolute atomic E-state index is 0.0883. The Hall–Kier alpha value is -3.71. The van der Waals surface area contributed by atoms with Gasteiger partial charge in [0.25, 0.3) is 5.91 Å². The molecule has 1 aliphatic carbocycles. The van der Waals surface area contributed by atoms with Crippen molar-refractivity contribution in [2.45, 2.75) is 37.8 Å². The summed E-state index contributed by atoms with van der Waals surface area (Å²) in [6.07, 6.45) is 7.98. The molecule has 0 bridgehead atoms. The molecule has 1 saturated heterocycles. The number of aryl methyl sites for hydroxylation is 1. The topological polar surface area (TPSA) is 89.3 Å². The number of ether oxygens (including phenoxy) is 1. The monoisotopic (exact) mass is 454 g/mol. The first-order valence-corrected chi connectivity index (χ1v) is 11.7. The van der Waals surface area contributed by atoms with Crippen LogP contribution < -0.4 is 15.4 Å². The lowest BCUT2D eigenvalue weighted by atomic mass is 9.94. The maximum atomic E-state index is 13.5. The number of nitrogens with one attached hydrogen (secondary N) is 2. The van der Waals surface area contributed by atoms with E-state index in [-0.39, 0.29) is 5.91 Å². The molecule has 4 aromatic rings. The zero-order chi connectivity index (χ0) is 23.1. The van der Waals surface area contributed by atoms with E-state index in [1.54, 1.807) is 18.7 Å². The van der Waals surface area contributed by atoms with Crippen LogP contribution in [0.4, 0.5) is 0 Å². The van der Waals surface area contributed by atoms with Crippen molar-refractivity contribution >= 4 is 16.8 Å². The maximum Gasteiger partial charge on any atom is 0.252 e. The fraction of sp³-hybridized carbons (Fsp3) is 0.296. The number of fused-ring (bicyclic) bond motifs is 1. The molecule has 34 heavy (non-hydrogen) atoms. The van der Waals surface area contributed by atoms with E-state index in [4.69, 9.17) is 9.26 Å². The van der Waals surface area contributed by atoms with Crippen molar-refractivity contribution in [3.63, 3.8) is 0 Å². The van der Waals surface area contributed by atoms with Gasteiger partial charge < -0.3 is 19.9 Å². The van der Waals surface area contributed by atoms with Gasteiger partial charge in [0.1, 0.15) is 18.6 Å². The molecule has 3 heterocycles. The maximum absolute atomic E-state index is 13.5. The van der Waals surface area contributed by atoms with Crippen LogP contribution in [0.1, 0.15) is 40.7 Å². The van der Waals surface area contributed by atoms with Crippen molar-refractivity contribution < 1.29 is 14.1 Å². The molecule has 2 fully saturated rings. The summed E-state index contributed by atoms with van der Waals surface area (Å²) < 4.78 is 11.0. The van der Waals surface area contributed by atoms with E-state index in [9.17, 15) is 4.79 Å². The molecule has 2 aliphatic rings. The third kappa shape index (κ3) is 3.82. The van der Waals surface area contributed by atoms with Gasteiger partial charge in [-0.3, -0.25) is 9.78 Å². The van der Waals surface area contributed by atoms with E-state index in [0.29, 0.717) is 18.2 Å². The standard InChI is InChI=1S/C27H26N4O3/c1-17-4-5-21(33-16-20-6-10-28-20)13-23(17)26(32)31-27(7-8-27)24-11-18(19-14-30-34-15-19)12-25-22(24)3-2-9-29-25/h2-5,9,11-15,20,28H,6-8,10,16H2,1H3,(H,31,32). The summed E-state index contributed by atoms with van der Waals surface area (Å²) in [6.45, 7) is 3.61. The zero-order valence-corrected chi connectivity index (χ0v) is 19.0. The number of amides is 1. The molecule has 2 aromatic carbocycles. The Balaban J connectivity index is 1.31. The minimum Gasteiger partial charge on any atom is -0.492 e. The highest BCUT2D eigenvalue weighted by atomic mass is 16.5. The molecule has 1 saturated carbocycles. The molecule has 172 valence electrons. The fourth-order valence-electron chi connectivity index (χ4n) is 4.59. The van der Waals surface area contributed by atoms with Crippen LogP contribution in [0.15, 0.2) is 65.6 Å². The summed E-state index contributed by atoms with van der Waals surface area (Å²) in [4.78, 5) is 18.1. The lowest BCUT2D eigenvalue weighted by Gasteiger charge is -2.27. The Labute approximate surface area is 197 Å². The molecule has 1 aliphatic heterocycles. The summed E-state index contributed by atoms with van der Waals surface area (Å²) in [5.41, 5.74) is 4.95. The first kappa shape index (κ1) is 20.9. The molecular weight excluding hydrogens is 428 g/mol. The van der Waals surface area contributed by atoms with Gasteiger partial charge in [0, 0.05) is 28.8 Å². The van der Waals surface area contributed by atoms with Gasteiger partial charge in [0.05, 0.1) is 17.3 Å². The molecule has 1 atom stereocenters. The van der Waals surface area contributed by atoms with Gasteiger partial charge in [-0.2, -0.15) is 0 Å². The van der Waals surface area contributed by atoms with Crippen LogP contribution in [-0.4, -0.2) is 35.2 Å². The second kappa shape index (κ2) is 8.25. The van der Waals surface area contributed by atoms with Gasteiger partial charge in [-0.05, 0) is 79.8 Å². The van der Waals surface area contributed by atoms with E-state index in [0.717, 1.165) is 64.7 Å². The SMILES string of the molecule is Cc1ccc(OCC2CCN2)cc1C(=O)NC1(c2cc(-c3cnoc3)cc3ncccc23)CC1. The quantitative estimate of drug-likeness (QED) is 0.431. The van der Waals surface area contributed by atoms with E-state index < -0.39 is 5.54 Å². The van der Waals surface area contributed by atoms with Crippen LogP contribution in [0.5, 0.6) is 5.75 Å². The molecule has 6 rings (SSSR count). The number of aromatic nitrogens is 2. The number of rotatable bonds is 7.